The monoisotopic (exact) mass is 314 g/mol. The Morgan fingerprint density at radius 3 is 2.17 bits per heavy atom. The van der Waals surface area contributed by atoms with Crippen LogP contribution < -0.4 is 5.32 Å². The molecule has 5 heteroatoms. The van der Waals surface area contributed by atoms with Crippen LogP contribution in [-0.4, -0.2) is 34.2 Å². The van der Waals surface area contributed by atoms with E-state index in [0.717, 1.165) is 19.3 Å². The van der Waals surface area contributed by atoms with Gasteiger partial charge in [-0.15, -0.1) is 0 Å². The molecule has 1 saturated carbocycles. The van der Waals surface area contributed by atoms with Gasteiger partial charge in [-0.1, -0.05) is 31.9 Å². The van der Waals surface area contributed by atoms with Crippen LogP contribution in [0.15, 0.2) is 24.3 Å². The lowest BCUT2D eigenvalue weighted by molar-refractivity contribution is -0.131. The third-order valence-corrected chi connectivity index (χ3v) is 5.07. The number of nitrogens with zero attached hydrogens (tertiary/aromatic N) is 1. The maximum atomic E-state index is 12.9. The summed E-state index contributed by atoms with van der Waals surface area (Å²) in [6.07, 6.45) is 3.59. The number of carbonyl (C=O) groups is 3. The van der Waals surface area contributed by atoms with Crippen molar-refractivity contribution in [2.45, 2.75) is 57.5 Å². The first-order chi connectivity index (χ1) is 11.0. The van der Waals surface area contributed by atoms with Crippen molar-refractivity contribution in [2.75, 3.05) is 0 Å². The zero-order valence-corrected chi connectivity index (χ0v) is 13.6. The van der Waals surface area contributed by atoms with E-state index in [-0.39, 0.29) is 23.8 Å². The normalized spacial score (nSPS) is 20.5. The SMILES string of the molecule is CCC(C)NC(=O)C1(N2C(=O)c3ccccc3C2=O)CCCC1. The van der Waals surface area contributed by atoms with Gasteiger partial charge < -0.3 is 5.32 Å². The number of imide groups is 1. The second-order valence-corrected chi connectivity index (χ2v) is 6.51. The van der Waals surface area contributed by atoms with Gasteiger partial charge in [-0.2, -0.15) is 0 Å². The molecule has 23 heavy (non-hydrogen) atoms. The summed E-state index contributed by atoms with van der Waals surface area (Å²) in [5, 5.41) is 2.97. The zero-order valence-electron chi connectivity index (χ0n) is 13.6. The molecule has 0 saturated heterocycles. The predicted molar refractivity (Wildman–Crippen MR) is 86.0 cm³/mol. The standard InChI is InChI=1S/C18H22N2O3/c1-3-12(2)19-17(23)18(10-6-7-11-18)20-15(21)13-8-4-5-9-14(13)16(20)22/h4-5,8-9,12H,3,6-7,10-11H2,1-2H3,(H,19,23). The number of carbonyl (C=O) groups excluding carboxylic acids is 3. The van der Waals surface area contributed by atoms with Gasteiger partial charge in [0.2, 0.25) is 5.91 Å². The van der Waals surface area contributed by atoms with E-state index in [9.17, 15) is 14.4 Å². The number of hydrogen-bond donors (Lipinski definition) is 1. The van der Waals surface area contributed by atoms with Gasteiger partial charge in [0.05, 0.1) is 11.1 Å². The van der Waals surface area contributed by atoms with Gasteiger partial charge in [0.25, 0.3) is 11.8 Å². The topological polar surface area (TPSA) is 66.5 Å². The number of rotatable bonds is 4. The number of hydrogen-bond acceptors (Lipinski definition) is 3. The van der Waals surface area contributed by atoms with Crippen molar-refractivity contribution in [3.8, 4) is 0 Å². The fourth-order valence-corrected chi connectivity index (χ4v) is 3.55. The molecule has 0 radical (unpaired) electrons. The first kappa shape index (κ1) is 15.7. The number of amides is 3. The Morgan fingerprint density at radius 2 is 1.70 bits per heavy atom. The largest absolute Gasteiger partial charge is 0.352 e. The molecule has 1 aliphatic carbocycles. The number of fused-ring (bicyclic) bond motifs is 1. The van der Waals surface area contributed by atoms with Crippen molar-refractivity contribution in [1.82, 2.24) is 10.2 Å². The van der Waals surface area contributed by atoms with Crippen LogP contribution >= 0.6 is 0 Å². The predicted octanol–water partition coefficient (Wildman–Crippen LogP) is 2.51. The average Bonchev–Trinajstić information content (AvgIpc) is 3.13. The van der Waals surface area contributed by atoms with Crippen LogP contribution in [0.5, 0.6) is 0 Å². The van der Waals surface area contributed by atoms with E-state index in [2.05, 4.69) is 5.32 Å². The second-order valence-electron chi connectivity index (χ2n) is 6.51. The zero-order chi connectivity index (χ0) is 16.6. The highest BCUT2D eigenvalue weighted by molar-refractivity contribution is 6.23. The molecule has 1 aromatic rings. The summed E-state index contributed by atoms with van der Waals surface area (Å²) in [5.74, 6) is -0.877. The van der Waals surface area contributed by atoms with Gasteiger partial charge in [-0.3, -0.25) is 19.3 Å². The molecule has 1 aromatic carbocycles. The Kier molecular flexibility index (Phi) is 3.96. The summed E-state index contributed by atoms with van der Waals surface area (Å²) in [7, 11) is 0. The van der Waals surface area contributed by atoms with E-state index in [1.165, 1.54) is 4.90 Å². The van der Waals surface area contributed by atoms with E-state index in [0.29, 0.717) is 24.0 Å². The Hall–Kier alpha value is -2.17. The Balaban J connectivity index is 1.98. The van der Waals surface area contributed by atoms with Gasteiger partial charge in [0.15, 0.2) is 0 Å². The summed E-state index contributed by atoms with van der Waals surface area (Å²) in [5.41, 5.74) is -0.225. The minimum atomic E-state index is -1.03. The van der Waals surface area contributed by atoms with Crippen molar-refractivity contribution < 1.29 is 14.4 Å². The molecule has 0 spiro atoms. The highest BCUT2D eigenvalue weighted by atomic mass is 16.2. The molecule has 0 aromatic heterocycles. The summed E-state index contributed by atoms with van der Waals surface area (Å²) < 4.78 is 0. The third kappa shape index (κ3) is 2.35. The number of benzene rings is 1. The van der Waals surface area contributed by atoms with Crippen LogP contribution in [-0.2, 0) is 4.79 Å². The van der Waals surface area contributed by atoms with Crippen LogP contribution in [0.25, 0.3) is 0 Å². The van der Waals surface area contributed by atoms with Crippen molar-refractivity contribution in [2.24, 2.45) is 0 Å². The Morgan fingerprint density at radius 1 is 1.17 bits per heavy atom. The van der Waals surface area contributed by atoms with E-state index in [1.54, 1.807) is 24.3 Å². The molecule has 5 nitrogen and oxygen atoms in total. The molecule has 0 bridgehead atoms. The van der Waals surface area contributed by atoms with Gasteiger partial charge in [-0.05, 0) is 38.3 Å². The highest BCUT2D eigenvalue weighted by Crippen LogP contribution is 2.40. The molecule has 2 aliphatic rings. The summed E-state index contributed by atoms with van der Waals surface area (Å²) in [4.78, 5) is 39.7. The Bertz CT molecular complexity index is 627. The second kappa shape index (κ2) is 5.80. The third-order valence-electron chi connectivity index (χ3n) is 5.07. The minimum absolute atomic E-state index is 0.0233. The molecule has 1 atom stereocenters. The molecule has 1 aliphatic heterocycles. The van der Waals surface area contributed by atoms with Crippen LogP contribution in [0.1, 0.15) is 66.7 Å². The quantitative estimate of drug-likeness (QED) is 0.868. The molecular weight excluding hydrogens is 292 g/mol. The maximum absolute atomic E-state index is 12.9. The van der Waals surface area contributed by atoms with Crippen molar-refractivity contribution in [1.29, 1.82) is 0 Å². The smallest absolute Gasteiger partial charge is 0.262 e. The van der Waals surface area contributed by atoms with Gasteiger partial charge in [0, 0.05) is 6.04 Å². The summed E-state index contributed by atoms with van der Waals surface area (Å²) in [6, 6.07) is 6.83. The van der Waals surface area contributed by atoms with Crippen LogP contribution in [0, 0.1) is 0 Å². The maximum Gasteiger partial charge on any atom is 0.262 e. The van der Waals surface area contributed by atoms with E-state index in [1.807, 2.05) is 13.8 Å². The first-order valence-electron chi connectivity index (χ1n) is 8.30. The Labute approximate surface area is 136 Å². The van der Waals surface area contributed by atoms with Crippen LogP contribution in [0.4, 0.5) is 0 Å². The molecule has 1 N–H and O–H groups in total. The van der Waals surface area contributed by atoms with Gasteiger partial charge in [-0.25, -0.2) is 0 Å². The number of nitrogens with one attached hydrogen (secondary N) is 1. The summed E-state index contributed by atoms with van der Waals surface area (Å²) in [6.45, 7) is 3.93. The van der Waals surface area contributed by atoms with E-state index < -0.39 is 5.54 Å². The molecule has 3 rings (SSSR count). The van der Waals surface area contributed by atoms with E-state index >= 15 is 0 Å². The summed E-state index contributed by atoms with van der Waals surface area (Å²) >= 11 is 0. The molecule has 1 heterocycles. The molecule has 1 fully saturated rings. The molecule has 3 amide bonds. The van der Waals surface area contributed by atoms with Crippen LogP contribution in [0.2, 0.25) is 0 Å². The fraction of sp³-hybridized carbons (Fsp3) is 0.500. The van der Waals surface area contributed by atoms with Crippen LogP contribution in [0.3, 0.4) is 0 Å². The highest BCUT2D eigenvalue weighted by Gasteiger charge is 2.54. The lowest BCUT2D eigenvalue weighted by Gasteiger charge is -2.36. The molecule has 1 unspecified atom stereocenters. The van der Waals surface area contributed by atoms with Gasteiger partial charge in [0.1, 0.15) is 5.54 Å². The van der Waals surface area contributed by atoms with E-state index in [4.69, 9.17) is 0 Å². The molecular formula is C18H22N2O3. The molecule has 122 valence electrons. The lowest BCUT2D eigenvalue weighted by Crippen LogP contribution is -2.60. The van der Waals surface area contributed by atoms with Crippen molar-refractivity contribution >= 4 is 17.7 Å². The average molecular weight is 314 g/mol. The van der Waals surface area contributed by atoms with Crippen molar-refractivity contribution in [3.05, 3.63) is 35.4 Å². The minimum Gasteiger partial charge on any atom is -0.352 e. The first-order valence-corrected chi connectivity index (χ1v) is 8.30. The lowest BCUT2D eigenvalue weighted by atomic mass is 9.93. The van der Waals surface area contributed by atoms with Crippen molar-refractivity contribution in [3.63, 3.8) is 0 Å². The van der Waals surface area contributed by atoms with Gasteiger partial charge >= 0.3 is 0 Å². The fourth-order valence-electron chi connectivity index (χ4n) is 3.55.